The van der Waals surface area contributed by atoms with E-state index in [1.165, 1.54) is 133 Å². The molecule has 0 aromatic heterocycles. The Hall–Kier alpha value is -5.61. The zero-order valence-electron chi connectivity index (χ0n) is 54.2. The third kappa shape index (κ3) is 8.37. The average Bonchev–Trinajstić information content (AvgIpc) is 1.03. The maximum atomic E-state index is 14.9. The SMILES string of the molecule is C=C1CC[C@@H](C(=O)O)[C@H]2[C@H](O)C[C@@]34C5=C(CC[C@]23C)[C@]23CC[C@H](O)[C@@]6(C)CC=C[C@@](C=C7C(=c8ccccc8=C[C@@H]72)Cc2cccc(c2)C2=CC=C(NCCC[C@H]1C1CCCCC1)NC2)([C@H]5C#CC[C@H]1CC[C@]2(C1)C[C@H]4C[C@@]21CC[C@H](Cc2ccccc2)C1)[C@@H]63. The van der Waals surface area contributed by atoms with E-state index in [0.717, 1.165) is 83.1 Å². The quantitative estimate of drug-likeness (QED) is 0.132. The number of aliphatic hydroxyl groups is 2. The minimum absolute atomic E-state index is 0.0702. The van der Waals surface area contributed by atoms with Crippen LogP contribution in [0.1, 0.15) is 185 Å². The summed E-state index contributed by atoms with van der Waals surface area (Å²) >= 11 is 0. The number of aliphatic hydroxyl groups excluding tert-OH is 2. The highest BCUT2D eigenvalue weighted by atomic mass is 16.4. The van der Waals surface area contributed by atoms with Crippen LogP contribution in [0.3, 0.4) is 0 Å². The molecular weight excluding hydrogens is 1100 g/mol. The fraction of sp³-hybridized carbons (Fsp3) is 0.583. The summed E-state index contributed by atoms with van der Waals surface area (Å²) in [7, 11) is 0. The predicted molar refractivity (Wildman–Crippen MR) is 361 cm³/mol. The zero-order valence-corrected chi connectivity index (χ0v) is 54.2. The zero-order chi connectivity index (χ0) is 61.0. The standard InChI is InChI=1S/C84H100N2O4/c1-53-27-29-65(76(89)90)74-71(87)51-84-62-48-80(81(49-62)39-32-57(47-81)42-54-16-6-4-7-17-54)38-31-55(46-80)18-13-26-68-75(84)69(33-37-79(74,84)3)83-40-34-72(88)78(2)35-15-36-82(68,77(78)83)50-67-66(64-24-11-10-22-60(64)45-70(67)83)44-56-19-12-23-59(43-56)61-28-30-73(86-52-61)85-41-14-25-63(53)58-20-8-5-9-21-58/h4,6-7,10-12,15-17,19,22-24,28,30,36,43,45,50,55,57-58,62-63,65,68,70-72,74,77,85-88H,1,5,8-9,14,18,20-21,25,27,29,31-35,37-42,44,46-49,51-52H2,2-3H3,(H,89,90)/t55-,57+,62-,63+,65+,68-,70-,71+,72-,74-,77+,78+,79+,80-,81-,82+,83+,84+/m0/s1. The summed E-state index contributed by atoms with van der Waals surface area (Å²) in [6.07, 6.45) is 41.2. The minimum atomic E-state index is -0.771. The molecule has 0 unspecified atom stereocenters. The number of carboxylic acids is 1. The first kappa shape index (κ1) is 58.2. The normalized spacial score (nSPS) is 43.0. The molecule has 6 fully saturated rings. The van der Waals surface area contributed by atoms with Crippen LogP contribution >= 0.6 is 0 Å². The van der Waals surface area contributed by atoms with Crippen LogP contribution in [0, 0.1) is 109 Å². The number of rotatable bonds is 4. The molecular formula is C84H100N2O4. The van der Waals surface area contributed by atoms with Gasteiger partial charge in [-0.3, -0.25) is 4.79 Å². The number of carboxylic acid groups (broad SMARTS) is 1. The largest absolute Gasteiger partial charge is 0.481 e. The van der Waals surface area contributed by atoms with Gasteiger partial charge < -0.3 is 26.0 Å². The van der Waals surface area contributed by atoms with Gasteiger partial charge in [0.05, 0.1) is 29.9 Å². The number of carbonyl (C=O) groups is 1. The lowest BCUT2D eigenvalue weighted by molar-refractivity contribution is -0.170. The van der Waals surface area contributed by atoms with Crippen molar-refractivity contribution >= 4 is 23.2 Å². The van der Waals surface area contributed by atoms with Gasteiger partial charge in [0.1, 0.15) is 0 Å². The van der Waals surface area contributed by atoms with Gasteiger partial charge in [-0.1, -0.05) is 166 Å². The van der Waals surface area contributed by atoms with Gasteiger partial charge >= 0.3 is 5.97 Å². The van der Waals surface area contributed by atoms with Gasteiger partial charge in [-0.25, -0.2) is 0 Å². The van der Waals surface area contributed by atoms with Crippen molar-refractivity contribution in [3.63, 3.8) is 0 Å². The second-order valence-electron chi connectivity index (χ2n) is 33.3. The average molecular weight is 1200 g/mol. The van der Waals surface area contributed by atoms with Crippen molar-refractivity contribution in [1.82, 2.24) is 10.6 Å². The third-order valence-corrected chi connectivity index (χ3v) is 29.7. The lowest BCUT2D eigenvalue weighted by Gasteiger charge is -2.74. The number of allylic oxidation sites excluding steroid dienone is 9. The molecule has 18 atom stereocenters. The van der Waals surface area contributed by atoms with Crippen molar-refractivity contribution in [2.45, 2.75) is 193 Å². The number of dihydropyridines is 1. The Kier molecular flexibility index (Phi) is 13.9. The molecule has 21 rings (SSSR count). The Bertz CT molecular complexity index is 3810. The Morgan fingerprint density at radius 2 is 1.61 bits per heavy atom. The van der Waals surface area contributed by atoms with Crippen LogP contribution in [0.15, 0.2) is 144 Å². The third-order valence-electron chi connectivity index (χ3n) is 29.7. The van der Waals surface area contributed by atoms with Crippen LogP contribution in [0.25, 0.3) is 17.2 Å². The molecule has 3 aromatic carbocycles. The van der Waals surface area contributed by atoms with E-state index in [1.807, 2.05) is 0 Å². The molecule has 6 aliphatic heterocycles. The first-order valence-corrected chi connectivity index (χ1v) is 36.4. The molecule has 0 amide bonds. The summed E-state index contributed by atoms with van der Waals surface area (Å²) in [6.45, 7) is 11.7. The second kappa shape index (κ2) is 21.5. The molecule has 0 radical (unpaired) electrons. The topological polar surface area (TPSA) is 102 Å². The van der Waals surface area contributed by atoms with E-state index in [2.05, 4.69) is 152 Å². The molecule has 470 valence electrons. The predicted octanol–water partition coefficient (Wildman–Crippen LogP) is 15.3. The van der Waals surface area contributed by atoms with Crippen LogP contribution in [0.2, 0.25) is 0 Å². The van der Waals surface area contributed by atoms with Crippen molar-refractivity contribution in [1.29, 1.82) is 0 Å². The molecule has 12 aliphatic carbocycles. The Balaban J connectivity index is 0.902. The van der Waals surface area contributed by atoms with Crippen molar-refractivity contribution < 1.29 is 20.1 Å². The van der Waals surface area contributed by atoms with Gasteiger partial charge in [-0.2, -0.15) is 0 Å². The maximum absolute atomic E-state index is 14.9. The highest BCUT2D eigenvalue weighted by Gasteiger charge is 2.80. The molecule has 5 spiro atoms. The van der Waals surface area contributed by atoms with E-state index in [9.17, 15) is 20.1 Å². The van der Waals surface area contributed by atoms with Gasteiger partial charge in [0.25, 0.3) is 0 Å². The van der Waals surface area contributed by atoms with E-state index in [4.69, 9.17) is 6.58 Å². The van der Waals surface area contributed by atoms with E-state index in [1.54, 1.807) is 11.1 Å². The molecule has 6 nitrogen and oxygen atoms in total. The fourth-order valence-corrected chi connectivity index (χ4v) is 26.3. The Labute approximate surface area is 537 Å². The van der Waals surface area contributed by atoms with Crippen molar-refractivity contribution in [2.75, 3.05) is 13.1 Å². The summed E-state index contributed by atoms with van der Waals surface area (Å²) < 4.78 is 0. The monoisotopic (exact) mass is 1200 g/mol. The first-order chi connectivity index (χ1) is 43.7. The van der Waals surface area contributed by atoms with E-state index in [0.29, 0.717) is 42.9 Å². The summed E-state index contributed by atoms with van der Waals surface area (Å²) in [5.41, 5.74) is 10.8. The molecule has 18 bridgehead atoms. The number of hydrogen-bond donors (Lipinski definition) is 5. The van der Waals surface area contributed by atoms with E-state index < -0.39 is 51.7 Å². The van der Waals surface area contributed by atoms with Crippen molar-refractivity contribution in [3.8, 4) is 11.8 Å². The molecule has 6 saturated carbocycles. The summed E-state index contributed by atoms with van der Waals surface area (Å²) in [5.74, 6) is 10.3. The molecule has 3 aromatic rings. The summed E-state index contributed by atoms with van der Waals surface area (Å²) in [5, 5.41) is 49.5. The number of benzene rings is 3. The molecule has 6 heteroatoms. The molecule has 0 saturated heterocycles. The van der Waals surface area contributed by atoms with Crippen LogP contribution in [0.5, 0.6) is 0 Å². The summed E-state index contributed by atoms with van der Waals surface area (Å²) in [4.78, 5) is 14.9. The smallest absolute Gasteiger partial charge is 0.306 e. The van der Waals surface area contributed by atoms with Crippen LogP contribution in [-0.2, 0) is 17.6 Å². The molecule has 18 aliphatic rings. The van der Waals surface area contributed by atoms with Crippen LogP contribution in [0.4, 0.5) is 0 Å². The number of hydrogen-bond acceptors (Lipinski definition) is 5. The minimum Gasteiger partial charge on any atom is -0.481 e. The highest BCUT2D eigenvalue weighted by Crippen LogP contribution is 2.85. The van der Waals surface area contributed by atoms with Gasteiger partial charge in [0.2, 0.25) is 0 Å². The van der Waals surface area contributed by atoms with Crippen molar-refractivity contribution in [3.05, 3.63) is 171 Å². The van der Waals surface area contributed by atoms with E-state index >= 15 is 0 Å². The van der Waals surface area contributed by atoms with Crippen LogP contribution in [-0.4, -0.2) is 46.6 Å². The second-order valence-corrected chi connectivity index (χ2v) is 33.3. The molecule has 6 heterocycles. The lowest BCUT2D eigenvalue weighted by Crippen LogP contribution is -2.70. The first-order valence-electron chi connectivity index (χ1n) is 36.4. The van der Waals surface area contributed by atoms with Crippen molar-refractivity contribution in [2.24, 2.45) is 97.1 Å². The van der Waals surface area contributed by atoms with Crippen LogP contribution < -0.4 is 21.1 Å². The Morgan fingerprint density at radius 1 is 0.789 bits per heavy atom. The molecule has 5 N–H and O–H groups in total. The van der Waals surface area contributed by atoms with Gasteiger partial charge in [0.15, 0.2) is 0 Å². The lowest BCUT2D eigenvalue weighted by atomic mass is 9.29. The number of nitrogens with one attached hydrogen (secondary N) is 2. The van der Waals surface area contributed by atoms with Gasteiger partial charge in [-0.15, -0.1) is 5.92 Å². The number of aliphatic carboxylic acids is 1. The van der Waals surface area contributed by atoms with Gasteiger partial charge in [-0.05, 0) is 249 Å². The summed E-state index contributed by atoms with van der Waals surface area (Å²) in [6, 6.07) is 30.1. The van der Waals surface area contributed by atoms with E-state index in [-0.39, 0.29) is 39.9 Å². The molecule has 90 heavy (non-hydrogen) atoms. The van der Waals surface area contributed by atoms with Gasteiger partial charge in [0, 0.05) is 53.0 Å². The highest BCUT2D eigenvalue weighted by molar-refractivity contribution is 5.78. The fourth-order valence-electron chi connectivity index (χ4n) is 26.3. The maximum Gasteiger partial charge on any atom is 0.306 e. The Morgan fingerprint density at radius 3 is 2.44 bits per heavy atom. The number of fused-ring (bicyclic) bond motifs is 3.